The van der Waals surface area contributed by atoms with Crippen molar-refractivity contribution in [3.8, 4) is 0 Å². The molecule has 0 saturated carbocycles. The van der Waals surface area contributed by atoms with Crippen molar-refractivity contribution in [2.45, 2.75) is 12.3 Å². The molecule has 0 aromatic carbocycles. The van der Waals surface area contributed by atoms with Crippen molar-refractivity contribution in [1.29, 1.82) is 0 Å². The summed E-state index contributed by atoms with van der Waals surface area (Å²) in [6, 6.07) is 3.74. The molecule has 0 aliphatic heterocycles. The standard InChI is InChI=1S/C9H8O2/c10-8-4-3-7(6-8)9-2-1-5-11-9/h1-5,7H,6H2. The van der Waals surface area contributed by atoms with Gasteiger partial charge in [0, 0.05) is 12.3 Å². The maximum atomic E-state index is 10.8. The Kier molecular flexibility index (Phi) is 1.39. The summed E-state index contributed by atoms with van der Waals surface area (Å²) < 4.78 is 5.16. The highest BCUT2D eigenvalue weighted by molar-refractivity contribution is 5.93. The molecule has 56 valence electrons. The van der Waals surface area contributed by atoms with Crippen LogP contribution in [0.3, 0.4) is 0 Å². The second-order valence-electron chi connectivity index (χ2n) is 2.65. The Labute approximate surface area is 64.5 Å². The number of hydrogen-bond acceptors (Lipinski definition) is 2. The Balaban J connectivity index is 2.21. The molecule has 0 radical (unpaired) electrons. The zero-order valence-corrected chi connectivity index (χ0v) is 5.99. The van der Waals surface area contributed by atoms with Gasteiger partial charge in [0.25, 0.3) is 0 Å². The molecule has 1 aliphatic rings. The van der Waals surface area contributed by atoms with Gasteiger partial charge in [0.2, 0.25) is 0 Å². The third-order valence-electron chi connectivity index (χ3n) is 1.84. The van der Waals surface area contributed by atoms with E-state index in [1.807, 2.05) is 18.2 Å². The molecule has 0 N–H and O–H groups in total. The van der Waals surface area contributed by atoms with Crippen LogP contribution < -0.4 is 0 Å². The first kappa shape index (κ1) is 6.40. The number of furan rings is 1. The van der Waals surface area contributed by atoms with Crippen LogP contribution in [0.5, 0.6) is 0 Å². The van der Waals surface area contributed by atoms with Crippen molar-refractivity contribution in [3.63, 3.8) is 0 Å². The lowest BCUT2D eigenvalue weighted by atomic mass is 10.1. The van der Waals surface area contributed by atoms with Gasteiger partial charge in [0.1, 0.15) is 5.76 Å². The summed E-state index contributed by atoms with van der Waals surface area (Å²) in [6.45, 7) is 0. The zero-order valence-electron chi connectivity index (χ0n) is 5.99. The Morgan fingerprint density at radius 1 is 1.55 bits per heavy atom. The number of rotatable bonds is 1. The fourth-order valence-electron chi connectivity index (χ4n) is 1.27. The first-order valence-corrected chi connectivity index (χ1v) is 3.61. The number of carbonyl (C=O) groups excluding carboxylic acids is 1. The van der Waals surface area contributed by atoms with E-state index in [1.165, 1.54) is 0 Å². The Morgan fingerprint density at radius 3 is 3.00 bits per heavy atom. The Hall–Kier alpha value is -1.31. The van der Waals surface area contributed by atoms with Crippen LogP contribution in [0, 0.1) is 0 Å². The SMILES string of the molecule is O=C1C=CC(c2ccco2)C1. The molecular formula is C9H8O2. The van der Waals surface area contributed by atoms with Gasteiger partial charge in [-0.1, -0.05) is 6.08 Å². The number of allylic oxidation sites excluding steroid dienone is 2. The smallest absolute Gasteiger partial charge is 0.156 e. The van der Waals surface area contributed by atoms with Crippen LogP contribution in [0.2, 0.25) is 0 Å². The van der Waals surface area contributed by atoms with Gasteiger partial charge < -0.3 is 4.42 Å². The summed E-state index contributed by atoms with van der Waals surface area (Å²) in [5.41, 5.74) is 0. The topological polar surface area (TPSA) is 30.2 Å². The molecule has 2 rings (SSSR count). The van der Waals surface area contributed by atoms with E-state index < -0.39 is 0 Å². The second-order valence-corrected chi connectivity index (χ2v) is 2.65. The molecule has 2 heteroatoms. The number of ketones is 1. The first-order chi connectivity index (χ1) is 5.36. The minimum absolute atomic E-state index is 0.178. The van der Waals surface area contributed by atoms with E-state index in [2.05, 4.69) is 0 Å². The molecule has 11 heavy (non-hydrogen) atoms. The van der Waals surface area contributed by atoms with E-state index in [9.17, 15) is 4.79 Å². The fourth-order valence-corrected chi connectivity index (χ4v) is 1.27. The molecule has 1 unspecified atom stereocenters. The first-order valence-electron chi connectivity index (χ1n) is 3.61. The average molecular weight is 148 g/mol. The molecule has 1 aliphatic carbocycles. The number of hydrogen-bond donors (Lipinski definition) is 0. The van der Waals surface area contributed by atoms with E-state index in [0.717, 1.165) is 5.76 Å². The number of carbonyl (C=O) groups is 1. The van der Waals surface area contributed by atoms with Crippen molar-refractivity contribution in [3.05, 3.63) is 36.3 Å². The minimum atomic E-state index is 0.178. The highest BCUT2D eigenvalue weighted by atomic mass is 16.3. The monoisotopic (exact) mass is 148 g/mol. The average Bonchev–Trinajstić information content (AvgIpc) is 2.55. The lowest BCUT2D eigenvalue weighted by Gasteiger charge is -1.99. The van der Waals surface area contributed by atoms with E-state index in [0.29, 0.717) is 6.42 Å². The van der Waals surface area contributed by atoms with Crippen molar-refractivity contribution >= 4 is 5.78 Å². The van der Waals surface area contributed by atoms with Gasteiger partial charge in [0.05, 0.1) is 6.26 Å². The van der Waals surface area contributed by atoms with Gasteiger partial charge in [-0.2, -0.15) is 0 Å². The summed E-state index contributed by atoms with van der Waals surface area (Å²) in [6.07, 6.45) is 5.70. The summed E-state index contributed by atoms with van der Waals surface area (Å²) in [5, 5.41) is 0. The van der Waals surface area contributed by atoms with Gasteiger partial charge in [-0.25, -0.2) is 0 Å². The van der Waals surface area contributed by atoms with Crippen LogP contribution in [0.4, 0.5) is 0 Å². The van der Waals surface area contributed by atoms with Crippen LogP contribution in [0.1, 0.15) is 18.1 Å². The normalized spacial score (nSPS) is 22.9. The molecule has 2 nitrogen and oxygen atoms in total. The summed E-state index contributed by atoms with van der Waals surface area (Å²) in [4.78, 5) is 10.8. The van der Waals surface area contributed by atoms with Crippen molar-refractivity contribution in [2.75, 3.05) is 0 Å². The highest BCUT2D eigenvalue weighted by Gasteiger charge is 2.19. The molecule has 1 aromatic rings. The van der Waals surface area contributed by atoms with Gasteiger partial charge in [-0.3, -0.25) is 4.79 Å². The molecule has 1 atom stereocenters. The predicted molar refractivity (Wildman–Crippen MR) is 40.2 cm³/mol. The van der Waals surface area contributed by atoms with E-state index >= 15 is 0 Å². The largest absolute Gasteiger partial charge is 0.469 e. The van der Waals surface area contributed by atoms with E-state index in [-0.39, 0.29) is 11.7 Å². The van der Waals surface area contributed by atoms with Crippen LogP contribution in [0.15, 0.2) is 35.0 Å². The zero-order chi connectivity index (χ0) is 7.68. The lowest BCUT2D eigenvalue weighted by Crippen LogP contribution is -1.92. The van der Waals surface area contributed by atoms with Gasteiger partial charge in [-0.05, 0) is 18.2 Å². The maximum Gasteiger partial charge on any atom is 0.156 e. The van der Waals surface area contributed by atoms with Gasteiger partial charge in [-0.15, -0.1) is 0 Å². The van der Waals surface area contributed by atoms with Crippen molar-refractivity contribution in [1.82, 2.24) is 0 Å². The molecule has 1 heterocycles. The van der Waals surface area contributed by atoms with E-state index in [4.69, 9.17) is 4.42 Å². The molecular weight excluding hydrogens is 140 g/mol. The fraction of sp³-hybridized carbons (Fsp3) is 0.222. The quantitative estimate of drug-likeness (QED) is 0.608. The second kappa shape index (κ2) is 2.38. The Bertz CT molecular complexity index is 283. The van der Waals surface area contributed by atoms with Gasteiger partial charge in [0.15, 0.2) is 5.78 Å². The molecule has 0 bridgehead atoms. The minimum Gasteiger partial charge on any atom is -0.469 e. The third kappa shape index (κ3) is 1.11. The van der Waals surface area contributed by atoms with Crippen LogP contribution in [-0.4, -0.2) is 5.78 Å². The molecule has 0 fully saturated rings. The van der Waals surface area contributed by atoms with Crippen LogP contribution in [0.25, 0.3) is 0 Å². The highest BCUT2D eigenvalue weighted by Crippen LogP contribution is 2.26. The lowest BCUT2D eigenvalue weighted by molar-refractivity contribution is -0.114. The predicted octanol–water partition coefficient (Wildman–Crippen LogP) is 1.89. The van der Waals surface area contributed by atoms with Crippen molar-refractivity contribution in [2.24, 2.45) is 0 Å². The third-order valence-corrected chi connectivity index (χ3v) is 1.84. The summed E-state index contributed by atoms with van der Waals surface area (Å²) in [5.74, 6) is 1.25. The summed E-state index contributed by atoms with van der Waals surface area (Å²) >= 11 is 0. The maximum absolute atomic E-state index is 10.8. The molecule has 0 amide bonds. The molecule has 0 saturated heterocycles. The molecule has 0 spiro atoms. The van der Waals surface area contributed by atoms with Crippen molar-refractivity contribution < 1.29 is 9.21 Å². The van der Waals surface area contributed by atoms with Gasteiger partial charge >= 0.3 is 0 Å². The van der Waals surface area contributed by atoms with Crippen LogP contribution >= 0.6 is 0 Å². The van der Waals surface area contributed by atoms with Crippen LogP contribution in [-0.2, 0) is 4.79 Å². The Morgan fingerprint density at radius 2 is 2.45 bits per heavy atom. The summed E-state index contributed by atoms with van der Waals surface area (Å²) in [7, 11) is 0. The van der Waals surface area contributed by atoms with E-state index in [1.54, 1.807) is 12.3 Å². The molecule has 1 aromatic heterocycles.